The number of benzene rings is 1. The van der Waals surface area contributed by atoms with E-state index in [1.54, 1.807) is 0 Å². The van der Waals surface area contributed by atoms with Crippen molar-refractivity contribution in [3.8, 4) is 0 Å². The van der Waals surface area contributed by atoms with Gasteiger partial charge in [-0.2, -0.15) is 0 Å². The minimum atomic E-state index is 0.451. The minimum absolute atomic E-state index is 0.451. The topological polar surface area (TPSA) is 12.0 Å². The third kappa shape index (κ3) is 7.05. The van der Waals surface area contributed by atoms with Gasteiger partial charge < -0.3 is 5.32 Å². The normalized spacial score (nSPS) is 12.3. The first kappa shape index (κ1) is 17.9. The summed E-state index contributed by atoms with van der Waals surface area (Å²) in [5.74, 6) is 0. The fourth-order valence-electron chi connectivity index (χ4n) is 2.30. The predicted octanol–water partition coefficient (Wildman–Crippen LogP) is 6.39. The zero-order valence-electron chi connectivity index (χ0n) is 12.3. The van der Waals surface area contributed by atoms with Gasteiger partial charge in [-0.1, -0.05) is 57.7 Å². The lowest BCUT2D eigenvalue weighted by Crippen LogP contribution is -2.22. The number of rotatable bonds is 10. The number of allylic oxidation sites excluding steroid dienone is 1. The van der Waals surface area contributed by atoms with Gasteiger partial charge in [0.05, 0.1) is 0 Å². The SMILES string of the molecule is C=CCCCCCC(NCCC)c1cc(Br)cc(Br)c1. The summed E-state index contributed by atoms with van der Waals surface area (Å²) in [5, 5.41) is 3.67. The van der Waals surface area contributed by atoms with Crippen LogP contribution in [-0.4, -0.2) is 6.54 Å². The van der Waals surface area contributed by atoms with Gasteiger partial charge in [-0.05, 0) is 56.0 Å². The fourth-order valence-corrected chi connectivity index (χ4v) is 3.62. The van der Waals surface area contributed by atoms with E-state index in [0.29, 0.717) is 6.04 Å². The van der Waals surface area contributed by atoms with Crippen molar-refractivity contribution in [1.29, 1.82) is 0 Å². The van der Waals surface area contributed by atoms with Crippen molar-refractivity contribution < 1.29 is 0 Å². The van der Waals surface area contributed by atoms with E-state index in [1.165, 1.54) is 37.7 Å². The van der Waals surface area contributed by atoms with Crippen LogP contribution in [0.1, 0.15) is 57.1 Å². The van der Waals surface area contributed by atoms with E-state index in [2.05, 4.69) is 68.9 Å². The van der Waals surface area contributed by atoms with Crippen molar-refractivity contribution in [3.63, 3.8) is 0 Å². The molecular formula is C17H25Br2N. The van der Waals surface area contributed by atoms with Crippen LogP contribution in [0.15, 0.2) is 39.8 Å². The lowest BCUT2D eigenvalue weighted by molar-refractivity contribution is 0.472. The third-order valence-corrected chi connectivity index (χ3v) is 4.24. The van der Waals surface area contributed by atoms with E-state index in [0.717, 1.165) is 21.9 Å². The van der Waals surface area contributed by atoms with Gasteiger partial charge in [0.25, 0.3) is 0 Å². The van der Waals surface area contributed by atoms with Crippen LogP contribution in [0.2, 0.25) is 0 Å². The Hall–Kier alpha value is -0.120. The summed E-state index contributed by atoms with van der Waals surface area (Å²) in [6.07, 6.45) is 9.31. The van der Waals surface area contributed by atoms with E-state index >= 15 is 0 Å². The molecule has 1 aromatic rings. The standard InChI is InChI=1S/C17H25Br2N/c1-3-5-6-7-8-9-17(20-10-4-2)14-11-15(18)13-16(19)12-14/h3,11-13,17,20H,1,4-10H2,2H3. The van der Waals surface area contributed by atoms with Crippen molar-refractivity contribution in [1.82, 2.24) is 5.32 Å². The number of hydrogen-bond acceptors (Lipinski definition) is 1. The Morgan fingerprint density at radius 2 is 1.85 bits per heavy atom. The lowest BCUT2D eigenvalue weighted by Gasteiger charge is -2.19. The summed E-state index contributed by atoms with van der Waals surface area (Å²) in [6, 6.07) is 6.99. The summed E-state index contributed by atoms with van der Waals surface area (Å²) in [7, 11) is 0. The van der Waals surface area contributed by atoms with Gasteiger partial charge in [-0.3, -0.25) is 0 Å². The van der Waals surface area contributed by atoms with Gasteiger partial charge in [0, 0.05) is 15.0 Å². The zero-order valence-corrected chi connectivity index (χ0v) is 15.5. The van der Waals surface area contributed by atoms with Gasteiger partial charge in [-0.15, -0.1) is 6.58 Å². The molecule has 1 N–H and O–H groups in total. The van der Waals surface area contributed by atoms with E-state index < -0.39 is 0 Å². The average molecular weight is 403 g/mol. The molecule has 0 saturated heterocycles. The highest BCUT2D eigenvalue weighted by Gasteiger charge is 2.11. The summed E-state index contributed by atoms with van der Waals surface area (Å²) in [4.78, 5) is 0. The second kappa shape index (κ2) is 10.6. The molecule has 20 heavy (non-hydrogen) atoms. The Morgan fingerprint density at radius 3 is 2.45 bits per heavy atom. The van der Waals surface area contributed by atoms with Crippen LogP contribution in [0.4, 0.5) is 0 Å². The van der Waals surface area contributed by atoms with Crippen molar-refractivity contribution >= 4 is 31.9 Å². The van der Waals surface area contributed by atoms with E-state index in [9.17, 15) is 0 Å². The van der Waals surface area contributed by atoms with Crippen molar-refractivity contribution in [2.75, 3.05) is 6.54 Å². The fraction of sp³-hybridized carbons (Fsp3) is 0.529. The second-order valence-corrected chi connectivity index (χ2v) is 6.97. The van der Waals surface area contributed by atoms with Crippen LogP contribution in [0.25, 0.3) is 0 Å². The molecule has 0 spiro atoms. The van der Waals surface area contributed by atoms with Gasteiger partial charge in [-0.25, -0.2) is 0 Å². The first-order chi connectivity index (χ1) is 9.67. The van der Waals surface area contributed by atoms with Crippen molar-refractivity contribution in [2.24, 2.45) is 0 Å². The minimum Gasteiger partial charge on any atom is -0.310 e. The number of halogens is 2. The molecule has 0 radical (unpaired) electrons. The molecule has 0 amide bonds. The molecule has 0 heterocycles. The third-order valence-electron chi connectivity index (χ3n) is 3.33. The highest BCUT2D eigenvalue weighted by Crippen LogP contribution is 2.27. The Morgan fingerprint density at radius 1 is 1.15 bits per heavy atom. The Kier molecular flexibility index (Phi) is 9.49. The molecular weight excluding hydrogens is 378 g/mol. The molecule has 0 fully saturated rings. The summed E-state index contributed by atoms with van der Waals surface area (Å²) in [6.45, 7) is 7.06. The van der Waals surface area contributed by atoms with Crippen molar-refractivity contribution in [2.45, 2.75) is 51.5 Å². The maximum absolute atomic E-state index is 3.78. The molecule has 3 heteroatoms. The van der Waals surface area contributed by atoms with Crippen LogP contribution < -0.4 is 5.32 Å². The molecule has 0 aliphatic heterocycles. The molecule has 1 rings (SSSR count). The summed E-state index contributed by atoms with van der Waals surface area (Å²) < 4.78 is 2.27. The van der Waals surface area contributed by atoms with Crippen LogP contribution in [0.5, 0.6) is 0 Å². The number of unbranched alkanes of at least 4 members (excludes halogenated alkanes) is 3. The molecule has 112 valence electrons. The Balaban J connectivity index is 2.60. The molecule has 1 atom stereocenters. The van der Waals surface area contributed by atoms with E-state index in [-0.39, 0.29) is 0 Å². The van der Waals surface area contributed by atoms with Crippen LogP contribution in [0, 0.1) is 0 Å². The van der Waals surface area contributed by atoms with Gasteiger partial charge in [0.2, 0.25) is 0 Å². The lowest BCUT2D eigenvalue weighted by atomic mass is 10.00. The Labute approximate surface area is 140 Å². The first-order valence-corrected chi connectivity index (χ1v) is 9.06. The first-order valence-electron chi connectivity index (χ1n) is 7.47. The predicted molar refractivity (Wildman–Crippen MR) is 96.2 cm³/mol. The molecule has 0 aromatic heterocycles. The van der Waals surface area contributed by atoms with Crippen LogP contribution in [-0.2, 0) is 0 Å². The number of hydrogen-bond donors (Lipinski definition) is 1. The van der Waals surface area contributed by atoms with Gasteiger partial charge in [0.1, 0.15) is 0 Å². The van der Waals surface area contributed by atoms with Crippen LogP contribution in [0.3, 0.4) is 0 Å². The average Bonchev–Trinajstić information content (AvgIpc) is 2.40. The van der Waals surface area contributed by atoms with Crippen molar-refractivity contribution in [3.05, 3.63) is 45.4 Å². The van der Waals surface area contributed by atoms with E-state index in [4.69, 9.17) is 0 Å². The number of nitrogens with one attached hydrogen (secondary N) is 1. The van der Waals surface area contributed by atoms with Crippen LogP contribution >= 0.6 is 31.9 Å². The molecule has 0 aliphatic rings. The van der Waals surface area contributed by atoms with E-state index in [1.807, 2.05) is 6.08 Å². The maximum atomic E-state index is 3.78. The molecule has 0 saturated carbocycles. The van der Waals surface area contributed by atoms with Gasteiger partial charge in [0.15, 0.2) is 0 Å². The molecule has 1 aromatic carbocycles. The summed E-state index contributed by atoms with van der Waals surface area (Å²) >= 11 is 7.17. The highest BCUT2D eigenvalue weighted by atomic mass is 79.9. The smallest absolute Gasteiger partial charge is 0.0321 e. The molecule has 1 nitrogen and oxygen atoms in total. The maximum Gasteiger partial charge on any atom is 0.0321 e. The monoisotopic (exact) mass is 401 g/mol. The second-order valence-electron chi connectivity index (χ2n) is 5.14. The zero-order chi connectivity index (χ0) is 14.8. The summed E-state index contributed by atoms with van der Waals surface area (Å²) in [5.41, 5.74) is 1.36. The molecule has 0 aliphatic carbocycles. The molecule has 0 bridgehead atoms. The molecule has 1 unspecified atom stereocenters. The quantitative estimate of drug-likeness (QED) is 0.353. The largest absolute Gasteiger partial charge is 0.310 e. The highest BCUT2D eigenvalue weighted by molar-refractivity contribution is 9.11. The van der Waals surface area contributed by atoms with Gasteiger partial charge >= 0.3 is 0 Å². The Bertz CT molecular complexity index is 384.